The summed E-state index contributed by atoms with van der Waals surface area (Å²) in [6.45, 7) is 0.361. The molecule has 0 aliphatic rings. The number of halogens is 1. The number of carbonyl (C=O) groups excluding carboxylic acids is 3. The second kappa shape index (κ2) is 20.3. The van der Waals surface area contributed by atoms with Crippen LogP contribution in [0, 0.1) is 0 Å². The summed E-state index contributed by atoms with van der Waals surface area (Å²) in [5.74, 6) is -1.73. The lowest BCUT2D eigenvalue weighted by molar-refractivity contribution is -0.371. The third kappa shape index (κ3) is 14.1. The molecular formula is C29H35ClN4O8. The molecule has 226 valence electrons. The van der Waals surface area contributed by atoms with Crippen LogP contribution in [0.15, 0.2) is 91.0 Å². The second-order valence-electron chi connectivity index (χ2n) is 8.47. The molecule has 12 nitrogen and oxygen atoms in total. The first-order valence-corrected chi connectivity index (χ1v) is 12.7. The van der Waals surface area contributed by atoms with Crippen LogP contribution in [0.25, 0.3) is 0 Å². The third-order valence-electron chi connectivity index (χ3n) is 5.34. The molecule has 0 bridgehead atoms. The van der Waals surface area contributed by atoms with Crippen molar-refractivity contribution in [1.29, 1.82) is 0 Å². The minimum absolute atomic E-state index is 0. The molecule has 2 atom stereocenters. The molecule has 0 saturated carbocycles. The number of nitrogens with one attached hydrogen (secondary N) is 2. The van der Waals surface area contributed by atoms with E-state index >= 15 is 0 Å². The number of esters is 1. The normalized spacial score (nSPS) is 11.2. The van der Waals surface area contributed by atoms with Gasteiger partial charge in [0.25, 0.3) is 0 Å². The molecule has 0 heterocycles. The van der Waals surface area contributed by atoms with Gasteiger partial charge in [-0.15, -0.1) is 0 Å². The Morgan fingerprint density at radius 1 is 0.667 bits per heavy atom. The minimum atomic E-state index is -1.19. The highest BCUT2D eigenvalue weighted by Gasteiger charge is 2.23. The largest absolute Gasteiger partial charge is 1.00 e. The lowest BCUT2D eigenvalue weighted by Gasteiger charge is -2.14. The van der Waals surface area contributed by atoms with Gasteiger partial charge in [-0.25, -0.2) is 19.2 Å². The molecule has 42 heavy (non-hydrogen) atoms. The highest BCUT2D eigenvalue weighted by atomic mass is 35.5. The number of amides is 2. The lowest BCUT2D eigenvalue weighted by atomic mass is 10.2. The van der Waals surface area contributed by atoms with E-state index in [4.69, 9.17) is 25.1 Å². The fourth-order valence-corrected chi connectivity index (χ4v) is 3.11. The van der Waals surface area contributed by atoms with Gasteiger partial charge in [0.2, 0.25) is 0 Å². The molecule has 0 fully saturated rings. The molecule has 0 unspecified atom stereocenters. The van der Waals surface area contributed by atoms with Crippen LogP contribution in [0.3, 0.4) is 0 Å². The van der Waals surface area contributed by atoms with Gasteiger partial charge in [-0.1, -0.05) is 91.0 Å². The SMILES string of the molecule is NC[C@@H](NC(=O)OCc1ccccc1)C(=O)O.[Cl-].[NH3+]C[C@@H](NC(=O)OCc1ccccc1)C(=O)OCc1ccccc1. The van der Waals surface area contributed by atoms with E-state index in [1.54, 1.807) is 12.1 Å². The summed E-state index contributed by atoms with van der Waals surface area (Å²) in [5.41, 5.74) is 11.4. The van der Waals surface area contributed by atoms with E-state index in [-0.39, 0.29) is 45.3 Å². The number of alkyl carbamates (subject to hydrolysis) is 2. The van der Waals surface area contributed by atoms with Crippen molar-refractivity contribution in [3.05, 3.63) is 108 Å². The first kappa shape index (κ1) is 35.4. The Bertz CT molecular complexity index is 1220. The summed E-state index contributed by atoms with van der Waals surface area (Å²) in [6, 6.07) is 25.7. The maximum Gasteiger partial charge on any atom is 0.408 e. The Morgan fingerprint density at radius 2 is 1.02 bits per heavy atom. The van der Waals surface area contributed by atoms with E-state index in [1.807, 2.05) is 78.9 Å². The first-order valence-electron chi connectivity index (χ1n) is 12.7. The predicted molar refractivity (Wildman–Crippen MR) is 148 cm³/mol. The first-order chi connectivity index (χ1) is 19.8. The Labute approximate surface area is 249 Å². The van der Waals surface area contributed by atoms with Gasteiger partial charge < -0.3 is 53.8 Å². The zero-order valence-corrected chi connectivity index (χ0v) is 23.6. The number of aliphatic carboxylic acids is 1. The lowest BCUT2D eigenvalue weighted by Crippen LogP contribution is -3.00. The topological polar surface area (TPSA) is 194 Å². The number of rotatable bonds is 12. The van der Waals surface area contributed by atoms with E-state index in [9.17, 15) is 19.2 Å². The van der Waals surface area contributed by atoms with E-state index in [1.165, 1.54) is 0 Å². The quantitative estimate of drug-likeness (QED) is 0.122. The van der Waals surface area contributed by atoms with Gasteiger partial charge in [0.05, 0.1) is 0 Å². The smallest absolute Gasteiger partial charge is 0.408 e. The zero-order valence-electron chi connectivity index (χ0n) is 22.8. The van der Waals surface area contributed by atoms with Gasteiger partial charge in [-0.05, 0) is 16.7 Å². The molecule has 0 radical (unpaired) electrons. The maximum atomic E-state index is 12.0. The molecule has 3 aromatic rings. The Hall–Kier alpha value is -4.65. The van der Waals surface area contributed by atoms with Crippen molar-refractivity contribution in [2.45, 2.75) is 31.9 Å². The van der Waals surface area contributed by atoms with Crippen LogP contribution >= 0.6 is 0 Å². The van der Waals surface area contributed by atoms with E-state index in [0.717, 1.165) is 16.7 Å². The van der Waals surface area contributed by atoms with Crippen LogP contribution in [0.4, 0.5) is 9.59 Å². The molecule has 3 rings (SSSR count). The van der Waals surface area contributed by atoms with Crippen LogP contribution in [0.2, 0.25) is 0 Å². The molecule has 0 spiro atoms. The number of hydrogen-bond donors (Lipinski definition) is 5. The number of quaternary nitrogens is 1. The Balaban J connectivity index is 0.000000434. The van der Waals surface area contributed by atoms with Crippen molar-refractivity contribution in [2.75, 3.05) is 13.1 Å². The predicted octanol–water partition coefficient (Wildman–Crippen LogP) is -1.40. The zero-order chi connectivity index (χ0) is 29.9. The van der Waals surface area contributed by atoms with Crippen molar-refractivity contribution in [2.24, 2.45) is 5.73 Å². The monoisotopic (exact) mass is 602 g/mol. The van der Waals surface area contributed by atoms with Gasteiger partial charge in [-0.2, -0.15) is 0 Å². The molecule has 0 aliphatic heterocycles. The molecule has 0 aromatic heterocycles. The summed E-state index contributed by atoms with van der Waals surface area (Å²) < 4.78 is 15.1. The number of ether oxygens (including phenoxy) is 3. The van der Waals surface area contributed by atoms with Gasteiger partial charge in [-0.3, -0.25) is 0 Å². The number of hydrogen-bond acceptors (Lipinski definition) is 8. The number of carboxylic acid groups (broad SMARTS) is 1. The van der Waals surface area contributed by atoms with E-state index in [0.29, 0.717) is 0 Å². The fourth-order valence-electron chi connectivity index (χ4n) is 3.11. The van der Waals surface area contributed by atoms with Crippen molar-refractivity contribution in [3.63, 3.8) is 0 Å². The molecule has 3 aromatic carbocycles. The highest BCUT2D eigenvalue weighted by Crippen LogP contribution is 2.04. The molecule has 8 N–H and O–H groups in total. The third-order valence-corrected chi connectivity index (χ3v) is 5.34. The van der Waals surface area contributed by atoms with Crippen molar-refractivity contribution in [1.82, 2.24) is 10.6 Å². The summed E-state index contributed by atoms with van der Waals surface area (Å²) in [6.07, 6.45) is -1.48. The van der Waals surface area contributed by atoms with Crippen molar-refractivity contribution < 1.29 is 56.6 Å². The average molecular weight is 603 g/mol. The van der Waals surface area contributed by atoms with E-state index < -0.39 is 36.2 Å². The summed E-state index contributed by atoms with van der Waals surface area (Å²) >= 11 is 0. The summed E-state index contributed by atoms with van der Waals surface area (Å²) in [5, 5.41) is 13.3. The highest BCUT2D eigenvalue weighted by molar-refractivity contribution is 5.81. The second-order valence-corrected chi connectivity index (χ2v) is 8.47. The van der Waals surface area contributed by atoms with Crippen LogP contribution < -0.4 is 34.5 Å². The number of nitrogens with two attached hydrogens (primary N) is 1. The van der Waals surface area contributed by atoms with Crippen LogP contribution in [-0.4, -0.2) is 54.4 Å². The maximum absolute atomic E-state index is 12.0. The molecule has 0 saturated heterocycles. The number of carbonyl (C=O) groups is 4. The molecular weight excluding hydrogens is 568 g/mol. The number of carboxylic acids is 1. The Kier molecular flexibility index (Phi) is 17.1. The van der Waals surface area contributed by atoms with Crippen LogP contribution in [-0.2, 0) is 43.6 Å². The molecule has 2 amide bonds. The average Bonchev–Trinajstić information content (AvgIpc) is 3.01. The minimum Gasteiger partial charge on any atom is -1.00 e. The standard InChI is InChI=1S/C18H20N2O4.C11H14N2O4.ClH/c19-11-16(17(21)23-12-14-7-3-1-4-8-14)20-18(22)24-13-15-9-5-2-6-10-15;12-6-9(10(14)15)13-11(16)17-7-8-4-2-1-3-5-8;/h1-10,16H,11-13,19H2,(H,20,22);1-5,9H,6-7,12H2,(H,13,16)(H,14,15);1H/t16-;9-;/m11./s1. The number of benzene rings is 3. The van der Waals surface area contributed by atoms with E-state index in [2.05, 4.69) is 16.4 Å². The Morgan fingerprint density at radius 3 is 1.36 bits per heavy atom. The van der Waals surface area contributed by atoms with Crippen molar-refractivity contribution in [3.8, 4) is 0 Å². The molecule has 13 heteroatoms. The molecule has 0 aliphatic carbocycles. The van der Waals surface area contributed by atoms with Gasteiger partial charge in [0.15, 0.2) is 6.04 Å². The van der Waals surface area contributed by atoms with Gasteiger partial charge >= 0.3 is 24.1 Å². The van der Waals surface area contributed by atoms with Crippen LogP contribution in [0.1, 0.15) is 16.7 Å². The van der Waals surface area contributed by atoms with Gasteiger partial charge in [0.1, 0.15) is 32.4 Å². The van der Waals surface area contributed by atoms with Crippen molar-refractivity contribution >= 4 is 24.1 Å². The van der Waals surface area contributed by atoms with Crippen LogP contribution in [0.5, 0.6) is 0 Å². The summed E-state index contributed by atoms with van der Waals surface area (Å²) in [4.78, 5) is 45.6. The summed E-state index contributed by atoms with van der Waals surface area (Å²) in [7, 11) is 0. The van der Waals surface area contributed by atoms with Gasteiger partial charge in [0, 0.05) is 6.54 Å². The fraction of sp³-hybridized carbons (Fsp3) is 0.241.